The SMILES string of the molecule is Nc1ccc(OCC2CCCCC2)cc1C(F)F. The molecule has 100 valence electrons. The van der Waals surface area contributed by atoms with Gasteiger partial charge in [-0.05, 0) is 37.0 Å². The van der Waals surface area contributed by atoms with Crippen molar-refractivity contribution < 1.29 is 13.5 Å². The van der Waals surface area contributed by atoms with Gasteiger partial charge in [0, 0.05) is 11.3 Å². The molecule has 0 saturated heterocycles. The van der Waals surface area contributed by atoms with Gasteiger partial charge >= 0.3 is 0 Å². The average molecular weight is 255 g/mol. The van der Waals surface area contributed by atoms with Crippen molar-refractivity contribution in [2.45, 2.75) is 38.5 Å². The number of alkyl halides is 2. The minimum Gasteiger partial charge on any atom is -0.493 e. The van der Waals surface area contributed by atoms with Crippen LogP contribution in [-0.2, 0) is 0 Å². The van der Waals surface area contributed by atoms with Crippen LogP contribution in [0.4, 0.5) is 14.5 Å². The van der Waals surface area contributed by atoms with E-state index in [4.69, 9.17) is 10.5 Å². The lowest BCUT2D eigenvalue weighted by atomic mass is 9.90. The van der Waals surface area contributed by atoms with E-state index in [0.717, 1.165) is 0 Å². The third-order valence-electron chi connectivity index (χ3n) is 3.50. The minimum absolute atomic E-state index is 0.120. The molecule has 0 aromatic heterocycles. The van der Waals surface area contributed by atoms with Crippen LogP contribution in [0.2, 0.25) is 0 Å². The van der Waals surface area contributed by atoms with E-state index in [9.17, 15) is 8.78 Å². The van der Waals surface area contributed by atoms with Crippen LogP contribution in [0.1, 0.15) is 44.1 Å². The molecule has 0 unspecified atom stereocenters. The van der Waals surface area contributed by atoms with Crippen LogP contribution < -0.4 is 10.5 Å². The number of nitrogen functional groups attached to an aromatic ring is 1. The molecule has 1 aromatic carbocycles. The van der Waals surface area contributed by atoms with Crippen molar-refractivity contribution in [2.75, 3.05) is 12.3 Å². The molecule has 0 spiro atoms. The number of hydrogen-bond acceptors (Lipinski definition) is 2. The zero-order valence-electron chi connectivity index (χ0n) is 10.4. The minimum atomic E-state index is -2.55. The number of anilines is 1. The lowest BCUT2D eigenvalue weighted by Crippen LogP contribution is -2.15. The summed E-state index contributed by atoms with van der Waals surface area (Å²) in [5.41, 5.74) is 5.47. The highest BCUT2D eigenvalue weighted by Crippen LogP contribution is 2.30. The van der Waals surface area contributed by atoms with Crippen LogP contribution in [0.15, 0.2) is 18.2 Å². The van der Waals surface area contributed by atoms with Crippen molar-refractivity contribution in [3.05, 3.63) is 23.8 Å². The molecule has 1 saturated carbocycles. The van der Waals surface area contributed by atoms with Gasteiger partial charge in [0.15, 0.2) is 0 Å². The Morgan fingerprint density at radius 2 is 1.94 bits per heavy atom. The molecule has 2 nitrogen and oxygen atoms in total. The van der Waals surface area contributed by atoms with Crippen LogP contribution in [0, 0.1) is 5.92 Å². The van der Waals surface area contributed by atoms with Crippen molar-refractivity contribution >= 4 is 5.69 Å². The van der Waals surface area contributed by atoms with Gasteiger partial charge in [-0.3, -0.25) is 0 Å². The van der Waals surface area contributed by atoms with Gasteiger partial charge in [0.25, 0.3) is 6.43 Å². The average Bonchev–Trinajstić information content (AvgIpc) is 2.38. The number of halogens is 2. The molecule has 1 aliphatic rings. The number of rotatable bonds is 4. The summed E-state index contributed by atoms with van der Waals surface area (Å²) in [6.07, 6.45) is 3.60. The quantitative estimate of drug-likeness (QED) is 0.820. The molecular formula is C14H19F2NO. The molecule has 1 fully saturated rings. The van der Waals surface area contributed by atoms with E-state index in [1.807, 2.05) is 0 Å². The molecular weight excluding hydrogens is 236 g/mol. The van der Waals surface area contributed by atoms with Gasteiger partial charge < -0.3 is 10.5 Å². The first-order valence-electron chi connectivity index (χ1n) is 6.47. The van der Waals surface area contributed by atoms with Crippen LogP contribution in [0.5, 0.6) is 5.75 Å². The summed E-state index contributed by atoms with van der Waals surface area (Å²) in [5.74, 6) is 1.05. The predicted octanol–water partition coefficient (Wildman–Crippen LogP) is 4.17. The van der Waals surface area contributed by atoms with Crippen LogP contribution >= 0.6 is 0 Å². The monoisotopic (exact) mass is 255 g/mol. The van der Waals surface area contributed by atoms with Gasteiger partial charge in [0.05, 0.1) is 6.61 Å². The molecule has 0 amide bonds. The van der Waals surface area contributed by atoms with Crippen LogP contribution in [0.25, 0.3) is 0 Å². The van der Waals surface area contributed by atoms with Crippen molar-refractivity contribution in [3.8, 4) is 5.75 Å². The van der Waals surface area contributed by atoms with E-state index in [0.29, 0.717) is 18.3 Å². The molecule has 2 N–H and O–H groups in total. The second-order valence-corrected chi connectivity index (χ2v) is 4.91. The summed E-state index contributed by atoms with van der Waals surface area (Å²) in [5, 5.41) is 0. The third kappa shape index (κ3) is 3.34. The predicted molar refractivity (Wildman–Crippen MR) is 67.9 cm³/mol. The molecule has 18 heavy (non-hydrogen) atoms. The molecule has 0 atom stereocenters. The molecule has 0 radical (unpaired) electrons. The molecule has 1 aliphatic carbocycles. The van der Waals surface area contributed by atoms with Crippen molar-refractivity contribution in [2.24, 2.45) is 5.92 Å². The Hall–Kier alpha value is -1.32. The highest BCUT2D eigenvalue weighted by molar-refractivity contribution is 5.51. The maximum atomic E-state index is 12.7. The first-order valence-corrected chi connectivity index (χ1v) is 6.47. The summed E-state index contributed by atoms with van der Waals surface area (Å²) < 4.78 is 30.9. The Balaban J connectivity index is 1.94. The molecule has 0 bridgehead atoms. The number of ether oxygens (including phenoxy) is 1. The van der Waals surface area contributed by atoms with Crippen LogP contribution in [-0.4, -0.2) is 6.61 Å². The second kappa shape index (κ2) is 6.03. The fourth-order valence-electron chi connectivity index (χ4n) is 2.40. The Morgan fingerprint density at radius 3 is 2.61 bits per heavy atom. The van der Waals surface area contributed by atoms with Gasteiger partial charge in [-0.15, -0.1) is 0 Å². The topological polar surface area (TPSA) is 35.2 Å². The maximum Gasteiger partial charge on any atom is 0.265 e. The second-order valence-electron chi connectivity index (χ2n) is 4.91. The van der Waals surface area contributed by atoms with E-state index in [1.165, 1.54) is 44.2 Å². The highest BCUT2D eigenvalue weighted by atomic mass is 19.3. The van der Waals surface area contributed by atoms with E-state index >= 15 is 0 Å². The van der Waals surface area contributed by atoms with Gasteiger partial charge in [-0.1, -0.05) is 19.3 Å². The summed E-state index contributed by atoms with van der Waals surface area (Å²) in [6, 6.07) is 4.49. The first kappa shape index (κ1) is 13.1. The molecule has 2 rings (SSSR count). The van der Waals surface area contributed by atoms with Gasteiger partial charge in [0.2, 0.25) is 0 Å². The summed E-state index contributed by atoms with van der Waals surface area (Å²) in [6.45, 7) is 0.618. The lowest BCUT2D eigenvalue weighted by molar-refractivity contribution is 0.151. The molecule has 0 heterocycles. The Morgan fingerprint density at radius 1 is 1.22 bits per heavy atom. The largest absolute Gasteiger partial charge is 0.493 e. The van der Waals surface area contributed by atoms with Crippen molar-refractivity contribution in [1.29, 1.82) is 0 Å². The van der Waals surface area contributed by atoms with Gasteiger partial charge in [0.1, 0.15) is 5.75 Å². The molecule has 4 heteroatoms. The maximum absolute atomic E-state index is 12.7. The third-order valence-corrected chi connectivity index (χ3v) is 3.50. The first-order chi connectivity index (χ1) is 8.66. The number of nitrogens with two attached hydrogens (primary N) is 1. The van der Waals surface area contributed by atoms with Gasteiger partial charge in [-0.2, -0.15) is 0 Å². The normalized spacial score (nSPS) is 17.1. The Labute approximate surface area is 106 Å². The Bertz CT molecular complexity index is 389. The standard InChI is InChI=1S/C14H19F2NO/c15-14(16)12-8-11(6-7-13(12)17)18-9-10-4-2-1-3-5-10/h6-8,10,14H,1-5,9,17H2. The van der Waals surface area contributed by atoms with E-state index in [2.05, 4.69) is 0 Å². The lowest BCUT2D eigenvalue weighted by Gasteiger charge is -2.21. The summed E-state index contributed by atoms with van der Waals surface area (Å²) in [4.78, 5) is 0. The van der Waals surface area contributed by atoms with E-state index < -0.39 is 6.43 Å². The smallest absolute Gasteiger partial charge is 0.265 e. The zero-order chi connectivity index (χ0) is 13.0. The number of benzene rings is 1. The van der Waals surface area contributed by atoms with E-state index in [1.54, 1.807) is 6.07 Å². The van der Waals surface area contributed by atoms with Crippen LogP contribution in [0.3, 0.4) is 0 Å². The highest BCUT2D eigenvalue weighted by Gasteiger charge is 2.15. The fraction of sp³-hybridized carbons (Fsp3) is 0.571. The zero-order valence-corrected chi connectivity index (χ0v) is 10.4. The summed E-state index contributed by atoms with van der Waals surface area (Å²) >= 11 is 0. The van der Waals surface area contributed by atoms with Crippen molar-refractivity contribution in [3.63, 3.8) is 0 Å². The molecule has 0 aliphatic heterocycles. The molecule has 1 aromatic rings. The van der Waals surface area contributed by atoms with E-state index in [-0.39, 0.29) is 11.3 Å². The summed E-state index contributed by atoms with van der Waals surface area (Å²) in [7, 11) is 0. The fourth-order valence-corrected chi connectivity index (χ4v) is 2.40. The van der Waals surface area contributed by atoms with Crippen molar-refractivity contribution in [1.82, 2.24) is 0 Å². The van der Waals surface area contributed by atoms with Gasteiger partial charge in [-0.25, -0.2) is 8.78 Å². The Kier molecular flexibility index (Phi) is 4.39. The number of hydrogen-bond donors (Lipinski definition) is 1.